The molecule has 19 heavy (non-hydrogen) atoms. The van der Waals surface area contributed by atoms with Gasteiger partial charge in [0.05, 0.1) is 17.3 Å². The Morgan fingerprint density at radius 1 is 1.16 bits per heavy atom. The Bertz CT molecular complexity index is 543. The SMILES string of the molecule is CC(Nc1ccc(C(F)(F)F)cc1)c1ccnn1C. The molecule has 102 valence electrons. The molecule has 1 N–H and O–H groups in total. The van der Waals surface area contributed by atoms with Gasteiger partial charge in [-0.15, -0.1) is 0 Å². The smallest absolute Gasteiger partial charge is 0.377 e. The normalized spacial score (nSPS) is 13.3. The summed E-state index contributed by atoms with van der Waals surface area (Å²) in [5.41, 5.74) is 0.952. The quantitative estimate of drug-likeness (QED) is 0.922. The molecule has 1 unspecified atom stereocenters. The molecular formula is C13H14F3N3. The minimum atomic E-state index is -4.30. The van der Waals surface area contributed by atoms with Gasteiger partial charge in [0.15, 0.2) is 0 Å². The van der Waals surface area contributed by atoms with E-state index in [1.165, 1.54) is 12.1 Å². The van der Waals surface area contributed by atoms with Gasteiger partial charge in [-0.05, 0) is 37.3 Å². The van der Waals surface area contributed by atoms with Crippen LogP contribution in [0.4, 0.5) is 18.9 Å². The van der Waals surface area contributed by atoms with E-state index in [-0.39, 0.29) is 6.04 Å². The van der Waals surface area contributed by atoms with E-state index in [0.717, 1.165) is 17.8 Å². The third-order valence-electron chi connectivity index (χ3n) is 2.90. The molecule has 1 atom stereocenters. The Morgan fingerprint density at radius 3 is 2.26 bits per heavy atom. The van der Waals surface area contributed by atoms with Crippen molar-refractivity contribution in [3.05, 3.63) is 47.8 Å². The molecule has 0 aliphatic carbocycles. The highest BCUT2D eigenvalue weighted by Crippen LogP contribution is 2.30. The van der Waals surface area contributed by atoms with Gasteiger partial charge in [0, 0.05) is 18.9 Å². The Balaban J connectivity index is 2.10. The Kier molecular flexibility index (Phi) is 3.50. The lowest BCUT2D eigenvalue weighted by Gasteiger charge is -2.16. The van der Waals surface area contributed by atoms with E-state index in [4.69, 9.17) is 0 Å². The highest BCUT2D eigenvalue weighted by molar-refractivity contribution is 5.46. The first-order valence-corrected chi connectivity index (χ1v) is 5.79. The summed E-state index contributed by atoms with van der Waals surface area (Å²) >= 11 is 0. The first kappa shape index (κ1) is 13.5. The molecule has 0 spiro atoms. The van der Waals surface area contributed by atoms with Crippen LogP contribution in [0.5, 0.6) is 0 Å². The number of aryl methyl sites for hydroxylation is 1. The van der Waals surface area contributed by atoms with E-state index in [1.807, 2.05) is 20.0 Å². The Hall–Kier alpha value is -1.98. The van der Waals surface area contributed by atoms with Crippen molar-refractivity contribution in [1.29, 1.82) is 0 Å². The molecule has 3 nitrogen and oxygen atoms in total. The summed E-state index contributed by atoms with van der Waals surface area (Å²) in [5, 5.41) is 7.19. The molecule has 2 rings (SSSR count). The minimum Gasteiger partial charge on any atom is -0.377 e. The Morgan fingerprint density at radius 2 is 1.79 bits per heavy atom. The van der Waals surface area contributed by atoms with Crippen molar-refractivity contribution in [1.82, 2.24) is 9.78 Å². The molecule has 1 aromatic carbocycles. The van der Waals surface area contributed by atoms with E-state index in [2.05, 4.69) is 10.4 Å². The highest BCUT2D eigenvalue weighted by Gasteiger charge is 2.29. The summed E-state index contributed by atoms with van der Waals surface area (Å²) in [4.78, 5) is 0. The van der Waals surface area contributed by atoms with E-state index in [1.54, 1.807) is 10.9 Å². The van der Waals surface area contributed by atoms with Crippen LogP contribution < -0.4 is 5.32 Å². The van der Waals surface area contributed by atoms with E-state index in [9.17, 15) is 13.2 Å². The second kappa shape index (κ2) is 4.95. The number of hydrogen-bond donors (Lipinski definition) is 1. The number of anilines is 1. The molecule has 0 amide bonds. The zero-order valence-corrected chi connectivity index (χ0v) is 10.6. The van der Waals surface area contributed by atoms with Gasteiger partial charge in [-0.25, -0.2) is 0 Å². The average Bonchev–Trinajstić information content (AvgIpc) is 2.75. The fraction of sp³-hybridized carbons (Fsp3) is 0.308. The lowest BCUT2D eigenvalue weighted by Crippen LogP contribution is -2.11. The predicted molar refractivity (Wildman–Crippen MR) is 66.7 cm³/mol. The molecule has 0 saturated heterocycles. The molecule has 6 heteroatoms. The van der Waals surface area contributed by atoms with Crippen LogP contribution in [0, 0.1) is 0 Å². The second-order valence-electron chi connectivity index (χ2n) is 4.32. The topological polar surface area (TPSA) is 29.9 Å². The van der Waals surface area contributed by atoms with Gasteiger partial charge in [-0.2, -0.15) is 18.3 Å². The van der Waals surface area contributed by atoms with Crippen molar-refractivity contribution in [3.8, 4) is 0 Å². The maximum absolute atomic E-state index is 12.4. The first-order valence-electron chi connectivity index (χ1n) is 5.79. The molecule has 2 aromatic rings. The molecule has 0 aliphatic heterocycles. The van der Waals surface area contributed by atoms with Crippen molar-refractivity contribution in [2.24, 2.45) is 7.05 Å². The summed E-state index contributed by atoms with van der Waals surface area (Å²) in [6, 6.07) is 6.81. The fourth-order valence-electron chi connectivity index (χ4n) is 1.89. The van der Waals surface area contributed by atoms with Crippen LogP contribution in [0.2, 0.25) is 0 Å². The predicted octanol–water partition coefficient (Wildman–Crippen LogP) is 3.61. The molecule has 0 fully saturated rings. The second-order valence-corrected chi connectivity index (χ2v) is 4.32. The maximum Gasteiger partial charge on any atom is 0.416 e. The van der Waals surface area contributed by atoms with Gasteiger partial charge >= 0.3 is 6.18 Å². The van der Waals surface area contributed by atoms with Crippen molar-refractivity contribution in [2.75, 3.05) is 5.32 Å². The molecule has 0 bridgehead atoms. The number of nitrogens with one attached hydrogen (secondary N) is 1. The zero-order chi connectivity index (χ0) is 14.0. The number of halogens is 3. The summed E-state index contributed by atoms with van der Waals surface area (Å²) in [6.07, 6.45) is -2.62. The minimum absolute atomic E-state index is 0.0377. The zero-order valence-electron chi connectivity index (χ0n) is 10.6. The maximum atomic E-state index is 12.4. The van der Waals surface area contributed by atoms with Crippen LogP contribution in [0.25, 0.3) is 0 Å². The van der Waals surface area contributed by atoms with E-state index >= 15 is 0 Å². The number of nitrogens with zero attached hydrogens (tertiary/aromatic N) is 2. The molecule has 0 aliphatic rings. The van der Waals surface area contributed by atoms with Crippen LogP contribution in [0.15, 0.2) is 36.5 Å². The van der Waals surface area contributed by atoms with Gasteiger partial charge in [0.2, 0.25) is 0 Å². The molecular weight excluding hydrogens is 255 g/mol. The number of benzene rings is 1. The van der Waals surface area contributed by atoms with Crippen LogP contribution >= 0.6 is 0 Å². The summed E-state index contributed by atoms with van der Waals surface area (Å²) < 4.78 is 39.0. The third-order valence-corrected chi connectivity index (χ3v) is 2.90. The van der Waals surface area contributed by atoms with Gasteiger partial charge < -0.3 is 5.32 Å². The molecule has 1 aromatic heterocycles. The van der Waals surface area contributed by atoms with Crippen molar-refractivity contribution < 1.29 is 13.2 Å². The number of hydrogen-bond acceptors (Lipinski definition) is 2. The Labute approximate surface area is 109 Å². The van der Waals surface area contributed by atoms with Crippen LogP contribution in [0.3, 0.4) is 0 Å². The monoisotopic (exact) mass is 269 g/mol. The summed E-state index contributed by atoms with van der Waals surface area (Å²) in [5.74, 6) is 0. The van der Waals surface area contributed by atoms with Crippen molar-refractivity contribution in [2.45, 2.75) is 19.1 Å². The van der Waals surface area contributed by atoms with Crippen LogP contribution in [-0.4, -0.2) is 9.78 Å². The number of alkyl halides is 3. The summed E-state index contributed by atoms with van der Waals surface area (Å²) in [7, 11) is 1.82. The van der Waals surface area contributed by atoms with Crippen molar-refractivity contribution >= 4 is 5.69 Å². The summed E-state index contributed by atoms with van der Waals surface area (Å²) in [6.45, 7) is 1.93. The molecule has 1 heterocycles. The third kappa shape index (κ3) is 3.07. The fourth-order valence-corrected chi connectivity index (χ4v) is 1.89. The largest absolute Gasteiger partial charge is 0.416 e. The molecule has 0 saturated carbocycles. The van der Waals surface area contributed by atoms with Crippen molar-refractivity contribution in [3.63, 3.8) is 0 Å². The van der Waals surface area contributed by atoms with Gasteiger partial charge in [-0.3, -0.25) is 4.68 Å². The van der Waals surface area contributed by atoms with E-state index < -0.39 is 11.7 Å². The standard InChI is InChI=1S/C13H14F3N3/c1-9(12-7-8-17-19(12)2)18-11-5-3-10(4-6-11)13(14,15)16/h3-9,18H,1-2H3. The number of aromatic nitrogens is 2. The average molecular weight is 269 g/mol. The van der Waals surface area contributed by atoms with Gasteiger partial charge in [-0.1, -0.05) is 0 Å². The van der Waals surface area contributed by atoms with Crippen LogP contribution in [-0.2, 0) is 13.2 Å². The molecule has 0 radical (unpaired) electrons. The van der Waals surface area contributed by atoms with Gasteiger partial charge in [0.25, 0.3) is 0 Å². The van der Waals surface area contributed by atoms with Crippen LogP contribution in [0.1, 0.15) is 24.2 Å². The number of rotatable bonds is 3. The van der Waals surface area contributed by atoms with Gasteiger partial charge in [0.1, 0.15) is 0 Å². The van der Waals surface area contributed by atoms with E-state index in [0.29, 0.717) is 5.69 Å². The first-order chi connectivity index (χ1) is 8.88. The highest BCUT2D eigenvalue weighted by atomic mass is 19.4. The lowest BCUT2D eigenvalue weighted by atomic mass is 10.1. The lowest BCUT2D eigenvalue weighted by molar-refractivity contribution is -0.137.